The Balaban J connectivity index is 1.43. The summed E-state index contributed by atoms with van der Waals surface area (Å²) in [6.07, 6.45) is 2.72. The molecule has 1 aliphatic heterocycles. The van der Waals surface area contributed by atoms with Crippen molar-refractivity contribution in [2.45, 2.75) is 32.2 Å². The van der Waals surface area contributed by atoms with E-state index in [9.17, 15) is 0 Å². The summed E-state index contributed by atoms with van der Waals surface area (Å²) in [7, 11) is 3.51. The number of nitrogens with zero attached hydrogens (tertiary/aromatic N) is 4. The van der Waals surface area contributed by atoms with Crippen molar-refractivity contribution in [3.8, 4) is 5.75 Å². The Bertz CT molecular complexity index is 760. The van der Waals surface area contributed by atoms with Crippen molar-refractivity contribution in [3.63, 3.8) is 0 Å². The van der Waals surface area contributed by atoms with Crippen LogP contribution < -0.4 is 20.3 Å². The zero-order chi connectivity index (χ0) is 19.1. The Labute approximate surface area is 160 Å². The normalized spacial score (nSPS) is 17.2. The van der Waals surface area contributed by atoms with Crippen molar-refractivity contribution in [1.29, 1.82) is 0 Å². The molecular formula is C19H28N6O2. The first-order valence-electron chi connectivity index (χ1n) is 9.34. The van der Waals surface area contributed by atoms with E-state index in [0.29, 0.717) is 17.8 Å². The maximum absolute atomic E-state index is 5.48. The number of nitrogens with one attached hydrogen (secondary N) is 2. The number of aliphatic imine (C=N–C) groups is 1. The average Bonchev–Trinajstić information content (AvgIpc) is 3.33. The third-order valence-electron chi connectivity index (χ3n) is 4.61. The summed E-state index contributed by atoms with van der Waals surface area (Å²) in [4.78, 5) is 10.9. The molecular weight excluding hydrogens is 344 g/mol. The lowest BCUT2D eigenvalue weighted by molar-refractivity contribution is 0.372. The Hall–Kier alpha value is -2.77. The van der Waals surface area contributed by atoms with Gasteiger partial charge in [0.15, 0.2) is 11.8 Å². The molecule has 8 nitrogen and oxygen atoms in total. The average molecular weight is 372 g/mol. The lowest BCUT2D eigenvalue weighted by Crippen LogP contribution is -2.44. The van der Waals surface area contributed by atoms with Gasteiger partial charge in [0.25, 0.3) is 0 Å². The van der Waals surface area contributed by atoms with Gasteiger partial charge < -0.3 is 24.8 Å². The molecule has 2 N–H and O–H groups in total. The molecule has 1 aliphatic rings. The molecule has 2 heterocycles. The topological polar surface area (TPSA) is 87.8 Å². The standard InChI is InChI=1S/C19H28N6O2/c1-14-22-18(27-24-14)9-6-11-21-19(20-2)23-15-10-12-25(13-15)16-7-4-5-8-17(16)26-3/h4-5,7-8,15H,6,9-13H2,1-3H3,(H2,20,21,23). The minimum atomic E-state index is 0.347. The summed E-state index contributed by atoms with van der Waals surface area (Å²) in [5, 5.41) is 10.7. The Morgan fingerprint density at radius 1 is 1.41 bits per heavy atom. The van der Waals surface area contributed by atoms with E-state index >= 15 is 0 Å². The zero-order valence-electron chi connectivity index (χ0n) is 16.2. The fourth-order valence-corrected chi connectivity index (χ4v) is 3.26. The molecule has 1 aromatic heterocycles. The van der Waals surface area contributed by atoms with Gasteiger partial charge in [0.2, 0.25) is 5.89 Å². The van der Waals surface area contributed by atoms with Gasteiger partial charge in [-0.05, 0) is 31.9 Å². The summed E-state index contributed by atoms with van der Waals surface area (Å²) in [5.74, 6) is 3.09. The third kappa shape index (κ3) is 5.12. The van der Waals surface area contributed by atoms with Gasteiger partial charge in [0.05, 0.1) is 12.8 Å². The fraction of sp³-hybridized carbons (Fsp3) is 0.526. The maximum atomic E-state index is 5.48. The van der Waals surface area contributed by atoms with Gasteiger partial charge in [-0.25, -0.2) is 0 Å². The van der Waals surface area contributed by atoms with Gasteiger partial charge >= 0.3 is 0 Å². The molecule has 0 amide bonds. The Morgan fingerprint density at radius 2 is 2.26 bits per heavy atom. The second-order valence-corrected chi connectivity index (χ2v) is 6.59. The fourth-order valence-electron chi connectivity index (χ4n) is 3.26. The summed E-state index contributed by atoms with van der Waals surface area (Å²) >= 11 is 0. The van der Waals surface area contributed by atoms with E-state index in [0.717, 1.165) is 56.3 Å². The number of ether oxygens (including phenoxy) is 1. The van der Waals surface area contributed by atoms with Crippen molar-refractivity contribution < 1.29 is 9.26 Å². The van der Waals surface area contributed by atoms with Crippen LogP contribution in [0.25, 0.3) is 0 Å². The highest BCUT2D eigenvalue weighted by Crippen LogP contribution is 2.30. The molecule has 0 aliphatic carbocycles. The summed E-state index contributed by atoms with van der Waals surface area (Å²) < 4.78 is 10.6. The molecule has 2 aromatic rings. The first kappa shape index (κ1) is 19.0. The smallest absolute Gasteiger partial charge is 0.226 e. The third-order valence-corrected chi connectivity index (χ3v) is 4.61. The van der Waals surface area contributed by atoms with Crippen LogP contribution in [-0.4, -0.2) is 55.9 Å². The number of benzene rings is 1. The van der Waals surface area contributed by atoms with Crippen molar-refractivity contribution in [3.05, 3.63) is 36.0 Å². The second-order valence-electron chi connectivity index (χ2n) is 6.59. The molecule has 1 atom stereocenters. The zero-order valence-corrected chi connectivity index (χ0v) is 16.2. The summed E-state index contributed by atoms with van der Waals surface area (Å²) in [6, 6.07) is 8.49. The second kappa shape index (κ2) is 9.25. The number of methoxy groups -OCH3 is 1. The predicted octanol–water partition coefficient (Wildman–Crippen LogP) is 1.76. The van der Waals surface area contributed by atoms with Crippen LogP contribution in [-0.2, 0) is 6.42 Å². The van der Waals surface area contributed by atoms with Gasteiger partial charge in [-0.1, -0.05) is 17.3 Å². The number of aryl methyl sites for hydroxylation is 2. The molecule has 0 spiro atoms. The molecule has 0 radical (unpaired) electrons. The number of anilines is 1. The molecule has 3 rings (SSSR count). The van der Waals surface area contributed by atoms with Crippen LogP contribution in [0.1, 0.15) is 24.6 Å². The first-order valence-corrected chi connectivity index (χ1v) is 9.34. The van der Waals surface area contributed by atoms with Crippen LogP contribution in [0.2, 0.25) is 0 Å². The minimum Gasteiger partial charge on any atom is -0.495 e. The monoisotopic (exact) mass is 372 g/mol. The largest absolute Gasteiger partial charge is 0.495 e. The SMILES string of the molecule is CN=C(NCCCc1nc(C)no1)NC1CCN(c2ccccc2OC)C1. The van der Waals surface area contributed by atoms with Crippen LogP contribution in [0, 0.1) is 6.92 Å². The van der Waals surface area contributed by atoms with Gasteiger partial charge in [-0.3, -0.25) is 4.99 Å². The van der Waals surface area contributed by atoms with Crippen molar-refractivity contribution in [2.75, 3.05) is 38.7 Å². The van der Waals surface area contributed by atoms with Crippen LogP contribution in [0.15, 0.2) is 33.8 Å². The highest BCUT2D eigenvalue weighted by molar-refractivity contribution is 5.80. The molecule has 1 fully saturated rings. The molecule has 0 saturated carbocycles. The van der Waals surface area contributed by atoms with E-state index in [2.05, 4.69) is 36.7 Å². The molecule has 1 unspecified atom stereocenters. The molecule has 146 valence electrons. The van der Waals surface area contributed by atoms with Gasteiger partial charge in [0, 0.05) is 39.1 Å². The molecule has 27 heavy (non-hydrogen) atoms. The minimum absolute atomic E-state index is 0.347. The molecule has 1 aromatic carbocycles. The Kier molecular flexibility index (Phi) is 6.51. The summed E-state index contributed by atoms with van der Waals surface area (Å²) in [5.41, 5.74) is 1.14. The van der Waals surface area contributed by atoms with Crippen molar-refractivity contribution >= 4 is 11.6 Å². The molecule has 1 saturated heterocycles. The van der Waals surface area contributed by atoms with E-state index in [1.165, 1.54) is 0 Å². The maximum Gasteiger partial charge on any atom is 0.226 e. The van der Waals surface area contributed by atoms with Crippen molar-refractivity contribution in [2.24, 2.45) is 4.99 Å². The number of aromatic nitrogens is 2. The number of guanidine groups is 1. The van der Waals surface area contributed by atoms with Gasteiger partial charge in [-0.15, -0.1) is 0 Å². The first-order chi connectivity index (χ1) is 13.2. The lowest BCUT2D eigenvalue weighted by Gasteiger charge is -2.22. The highest BCUT2D eigenvalue weighted by Gasteiger charge is 2.25. The van der Waals surface area contributed by atoms with E-state index in [4.69, 9.17) is 9.26 Å². The lowest BCUT2D eigenvalue weighted by atomic mass is 10.2. The quantitative estimate of drug-likeness (QED) is 0.435. The number of hydrogen-bond acceptors (Lipinski definition) is 6. The Morgan fingerprint density at radius 3 is 3.00 bits per heavy atom. The molecule has 8 heteroatoms. The number of para-hydroxylation sites is 2. The highest BCUT2D eigenvalue weighted by atomic mass is 16.5. The van der Waals surface area contributed by atoms with E-state index in [1.54, 1.807) is 14.2 Å². The number of rotatable bonds is 7. The van der Waals surface area contributed by atoms with Crippen LogP contribution in [0.3, 0.4) is 0 Å². The predicted molar refractivity (Wildman–Crippen MR) is 105 cm³/mol. The van der Waals surface area contributed by atoms with Crippen molar-refractivity contribution in [1.82, 2.24) is 20.8 Å². The van der Waals surface area contributed by atoms with E-state index < -0.39 is 0 Å². The number of hydrogen-bond donors (Lipinski definition) is 2. The van der Waals surface area contributed by atoms with Crippen LogP contribution in [0.5, 0.6) is 5.75 Å². The van der Waals surface area contributed by atoms with E-state index in [1.807, 2.05) is 25.1 Å². The van der Waals surface area contributed by atoms with E-state index in [-0.39, 0.29) is 0 Å². The molecule has 0 bridgehead atoms. The van der Waals surface area contributed by atoms with Gasteiger partial charge in [-0.2, -0.15) is 4.98 Å². The van der Waals surface area contributed by atoms with Crippen LogP contribution >= 0.6 is 0 Å². The van der Waals surface area contributed by atoms with Crippen LogP contribution in [0.4, 0.5) is 5.69 Å². The van der Waals surface area contributed by atoms with Gasteiger partial charge in [0.1, 0.15) is 5.75 Å². The summed E-state index contributed by atoms with van der Waals surface area (Å²) in [6.45, 7) is 4.53.